The van der Waals surface area contributed by atoms with Crippen LogP contribution < -0.4 is 10.1 Å². The van der Waals surface area contributed by atoms with E-state index >= 15 is 0 Å². The number of ether oxygens (including phenoxy) is 1. The van der Waals surface area contributed by atoms with Crippen molar-refractivity contribution in [3.05, 3.63) is 23.8 Å². The van der Waals surface area contributed by atoms with Crippen LogP contribution in [0.2, 0.25) is 0 Å². The van der Waals surface area contributed by atoms with Crippen molar-refractivity contribution in [1.82, 2.24) is 5.32 Å². The molecular formula is C15H21NO2S. The molecule has 2 N–H and O–H groups in total. The van der Waals surface area contributed by atoms with Crippen LogP contribution in [0.3, 0.4) is 0 Å². The first-order chi connectivity index (χ1) is 9.26. The highest BCUT2D eigenvalue weighted by molar-refractivity contribution is 7.99. The zero-order valence-corrected chi connectivity index (χ0v) is 12.1. The minimum Gasteiger partial charge on any atom is -0.508 e. The van der Waals surface area contributed by atoms with E-state index in [1.165, 1.54) is 30.6 Å². The average Bonchev–Trinajstić information content (AvgIpc) is 2.98. The Bertz CT molecular complexity index is 452. The van der Waals surface area contributed by atoms with Crippen molar-refractivity contribution in [3.8, 4) is 11.5 Å². The summed E-state index contributed by atoms with van der Waals surface area (Å²) in [5, 5.41) is 14.0. The molecule has 0 bridgehead atoms. The number of benzene rings is 1. The van der Waals surface area contributed by atoms with Crippen molar-refractivity contribution in [2.24, 2.45) is 0 Å². The van der Waals surface area contributed by atoms with Gasteiger partial charge in [0.15, 0.2) is 0 Å². The monoisotopic (exact) mass is 279 g/mol. The van der Waals surface area contributed by atoms with Gasteiger partial charge in [0, 0.05) is 22.9 Å². The number of thioether (sulfide) groups is 1. The Morgan fingerprint density at radius 2 is 2.32 bits per heavy atom. The molecule has 3 rings (SSSR count). The van der Waals surface area contributed by atoms with Gasteiger partial charge in [0.2, 0.25) is 0 Å². The fourth-order valence-corrected chi connectivity index (χ4v) is 4.24. The molecule has 0 saturated heterocycles. The molecule has 0 aromatic heterocycles. The zero-order chi connectivity index (χ0) is 13.2. The van der Waals surface area contributed by atoms with E-state index in [2.05, 4.69) is 24.0 Å². The molecule has 0 amide bonds. The van der Waals surface area contributed by atoms with Crippen LogP contribution in [-0.4, -0.2) is 28.8 Å². The summed E-state index contributed by atoms with van der Waals surface area (Å²) < 4.78 is 5.65. The molecule has 1 aromatic carbocycles. The lowest BCUT2D eigenvalue weighted by atomic mass is 10.1. The van der Waals surface area contributed by atoms with Gasteiger partial charge < -0.3 is 15.2 Å². The first-order valence-corrected chi connectivity index (χ1v) is 8.14. The van der Waals surface area contributed by atoms with Gasteiger partial charge >= 0.3 is 0 Å². The van der Waals surface area contributed by atoms with Gasteiger partial charge in [0.05, 0.1) is 6.04 Å². The van der Waals surface area contributed by atoms with Crippen LogP contribution in [0.15, 0.2) is 18.2 Å². The number of fused-ring (bicyclic) bond motifs is 1. The largest absolute Gasteiger partial charge is 0.508 e. The Morgan fingerprint density at radius 1 is 1.42 bits per heavy atom. The standard InChI is InChI=1S/C15H21NO2S/c1-2-19-12-5-3-10(7-12)16-14-9-18-15-8-11(17)4-6-13(14)15/h4,6,8,10,12,14,16-17H,2-3,5,7,9H2,1H3. The van der Waals surface area contributed by atoms with Crippen molar-refractivity contribution in [2.75, 3.05) is 12.4 Å². The maximum absolute atomic E-state index is 9.46. The molecule has 1 aromatic rings. The van der Waals surface area contributed by atoms with Crippen molar-refractivity contribution < 1.29 is 9.84 Å². The van der Waals surface area contributed by atoms with Gasteiger partial charge in [-0.05, 0) is 37.1 Å². The smallest absolute Gasteiger partial charge is 0.127 e. The Hall–Kier alpha value is -0.870. The van der Waals surface area contributed by atoms with E-state index in [9.17, 15) is 5.11 Å². The lowest BCUT2D eigenvalue weighted by Crippen LogP contribution is -2.32. The van der Waals surface area contributed by atoms with E-state index in [1.807, 2.05) is 6.07 Å². The number of hydrogen-bond acceptors (Lipinski definition) is 4. The Labute approximate surface area is 118 Å². The van der Waals surface area contributed by atoms with Crippen LogP contribution in [0.4, 0.5) is 0 Å². The van der Waals surface area contributed by atoms with Crippen LogP contribution in [0.5, 0.6) is 11.5 Å². The molecule has 3 atom stereocenters. The van der Waals surface area contributed by atoms with E-state index in [4.69, 9.17) is 4.74 Å². The third-order valence-electron chi connectivity index (χ3n) is 4.00. The third kappa shape index (κ3) is 2.84. The second kappa shape index (κ2) is 5.63. The van der Waals surface area contributed by atoms with E-state index in [0.717, 1.165) is 11.0 Å². The van der Waals surface area contributed by atoms with Gasteiger partial charge in [0.1, 0.15) is 18.1 Å². The van der Waals surface area contributed by atoms with Crippen molar-refractivity contribution >= 4 is 11.8 Å². The number of rotatable bonds is 4. The molecule has 3 unspecified atom stereocenters. The van der Waals surface area contributed by atoms with Gasteiger partial charge in [-0.15, -0.1) is 0 Å². The summed E-state index contributed by atoms with van der Waals surface area (Å²) in [6, 6.07) is 6.32. The molecule has 4 heteroatoms. The van der Waals surface area contributed by atoms with Crippen LogP contribution in [0, 0.1) is 0 Å². The first kappa shape index (κ1) is 13.1. The maximum atomic E-state index is 9.46. The fourth-order valence-electron chi connectivity index (χ4n) is 3.10. The van der Waals surface area contributed by atoms with Crippen LogP contribution in [0.25, 0.3) is 0 Å². The van der Waals surface area contributed by atoms with Gasteiger partial charge in [-0.1, -0.05) is 6.92 Å². The number of nitrogens with one attached hydrogen (secondary N) is 1. The van der Waals surface area contributed by atoms with Crippen LogP contribution in [0.1, 0.15) is 37.8 Å². The quantitative estimate of drug-likeness (QED) is 0.888. The lowest BCUT2D eigenvalue weighted by Gasteiger charge is -2.18. The highest BCUT2D eigenvalue weighted by Gasteiger charge is 2.30. The van der Waals surface area contributed by atoms with Gasteiger partial charge in [-0.25, -0.2) is 0 Å². The predicted molar refractivity (Wildman–Crippen MR) is 79.0 cm³/mol. The maximum Gasteiger partial charge on any atom is 0.127 e. The fraction of sp³-hybridized carbons (Fsp3) is 0.600. The number of hydrogen-bond donors (Lipinski definition) is 2. The highest BCUT2D eigenvalue weighted by Crippen LogP contribution is 2.37. The minimum absolute atomic E-state index is 0.277. The van der Waals surface area contributed by atoms with E-state index < -0.39 is 0 Å². The second-order valence-electron chi connectivity index (χ2n) is 5.34. The van der Waals surface area contributed by atoms with Gasteiger partial charge in [-0.3, -0.25) is 0 Å². The molecular weight excluding hydrogens is 258 g/mol. The molecule has 0 spiro atoms. The molecule has 1 fully saturated rings. The third-order valence-corrected chi connectivity index (χ3v) is 5.23. The lowest BCUT2D eigenvalue weighted by molar-refractivity contribution is 0.296. The zero-order valence-electron chi connectivity index (χ0n) is 11.3. The molecule has 2 aliphatic rings. The van der Waals surface area contributed by atoms with Crippen LogP contribution in [-0.2, 0) is 0 Å². The summed E-state index contributed by atoms with van der Waals surface area (Å²) in [4.78, 5) is 0. The summed E-state index contributed by atoms with van der Waals surface area (Å²) in [6.45, 7) is 2.92. The van der Waals surface area contributed by atoms with Gasteiger partial charge in [0.25, 0.3) is 0 Å². The van der Waals surface area contributed by atoms with Crippen LogP contribution >= 0.6 is 11.8 Å². The molecule has 1 aliphatic carbocycles. The number of phenols is 1. The minimum atomic E-state index is 0.277. The normalized spacial score (nSPS) is 29.2. The Balaban J connectivity index is 1.61. The van der Waals surface area contributed by atoms with E-state index in [1.54, 1.807) is 12.1 Å². The highest BCUT2D eigenvalue weighted by atomic mass is 32.2. The average molecular weight is 279 g/mol. The molecule has 104 valence electrons. The molecule has 0 radical (unpaired) electrons. The molecule has 19 heavy (non-hydrogen) atoms. The van der Waals surface area contributed by atoms with Gasteiger partial charge in [-0.2, -0.15) is 11.8 Å². The second-order valence-corrected chi connectivity index (χ2v) is 6.92. The number of aromatic hydroxyl groups is 1. The predicted octanol–water partition coefficient (Wildman–Crippen LogP) is 3.09. The summed E-state index contributed by atoms with van der Waals surface area (Å²) in [5.74, 6) is 2.32. The Morgan fingerprint density at radius 3 is 3.16 bits per heavy atom. The van der Waals surface area contributed by atoms with Crippen molar-refractivity contribution in [2.45, 2.75) is 43.5 Å². The van der Waals surface area contributed by atoms with E-state index in [0.29, 0.717) is 12.6 Å². The summed E-state index contributed by atoms with van der Waals surface area (Å²) in [7, 11) is 0. The Kier molecular flexibility index (Phi) is 3.89. The number of phenolic OH excluding ortho intramolecular Hbond substituents is 1. The summed E-state index contributed by atoms with van der Waals surface area (Å²) in [5.41, 5.74) is 1.18. The SMILES string of the molecule is CCSC1CCC(NC2COc3cc(O)ccc32)C1. The van der Waals surface area contributed by atoms with Crippen molar-refractivity contribution in [1.29, 1.82) is 0 Å². The molecule has 1 heterocycles. The summed E-state index contributed by atoms with van der Waals surface area (Å²) in [6.07, 6.45) is 3.86. The molecule has 3 nitrogen and oxygen atoms in total. The summed E-state index contributed by atoms with van der Waals surface area (Å²) >= 11 is 2.08. The van der Waals surface area contributed by atoms with Crippen molar-refractivity contribution in [3.63, 3.8) is 0 Å². The first-order valence-electron chi connectivity index (χ1n) is 7.09. The molecule has 1 aliphatic heterocycles. The topological polar surface area (TPSA) is 41.5 Å². The van der Waals surface area contributed by atoms with E-state index in [-0.39, 0.29) is 11.8 Å². The molecule has 1 saturated carbocycles.